The molecule has 5 heteroatoms. The highest BCUT2D eigenvalue weighted by Crippen LogP contribution is 2.15. The normalized spacial score (nSPS) is 10.4. The molecule has 5 nitrogen and oxygen atoms in total. The smallest absolute Gasteiger partial charge is 0.319 e. The van der Waals surface area contributed by atoms with Gasteiger partial charge in [0.1, 0.15) is 0 Å². The van der Waals surface area contributed by atoms with Crippen molar-refractivity contribution in [1.82, 2.24) is 15.1 Å². The lowest BCUT2D eigenvalue weighted by Gasteiger charge is -2.13. The first kappa shape index (κ1) is 16.8. The number of nitrogens with one attached hydrogen (secondary N) is 2. The summed E-state index contributed by atoms with van der Waals surface area (Å²) in [6.07, 6.45) is 4.57. The molecule has 0 saturated carbocycles. The topological polar surface area (TPSA) is 59.0 Å². The van der Waals surface area contributed by atoms with Gasteiger partial charge in [-0.15, -0.1) is 0 Å². The van der Waals surface area contributed by atoms with Crippen molar-refractivity contribution in [3.8, 4) is 0 Å². The van der Waals surface area contributed by atoms with Crippen LogP contribution in [0.3, 0.4) is 0 Å². The number of carbonyl (C=O) groups is 1. The minimum atomic E-state index is -0.199. The summed E-state index contributed by atoms with van der Waals surface area (Å²) >= 11 is 0. The van der Waals surface area contributed by atoms with Crippen LogP contribution >= 0.6 is 0 Å². The Bertz CT molecular complexity index is 827. The number of benzene rings is 2. The molecule has 3 aromatic rings. The number of nitrogens with zero attached hydrogens (tertiary/aromatic N) is 2. The molecule has 0 aliphatic heterocycles. The Labute approximate surface area is 147 Å². The van der Waals surface area contributed by atoms with E-state index in [9.17, 15) is 4.79 Å². The van der Waals surface area contributed by atoms with E-state index >= 15 is 0 Å². The molecular formula is C20H22N4O. The first-order valence-corrected chi connectivity index (χ1v) is 8.43. The van der Waals surface area contributed by atoms with E-state index in [1.807, 2.05) is 59.4 Å². The third-order valence-corrected chi connectivity index (χ3v) is 4.10. The number of aryl methyl sites for hydroxylation is 1. The van der Waals surface area contributed by atoms with Crippen LogP contribution in [0.1, 0.15) is 23.6 Å². The van der Waals surface area contributed by atoms with Gasteiger partial charge in [-0.1, -0.05) is 49.4 Å². The maximum Gasteiger partial charge on any atom is 0.319 e. The monoisotopic (exact) mass is 334 g/mol. The van der Waals surface area contributed by atoms with Gasteiger partial charge in [-0.05, 0) is 35.2 Å². The van der Waals surface area contributed by atoms with E-state index in [-0.39, 0.29) is 6.03 Å². The molecule has 0 unspecified atom stereocenters. The minimum absolute atomic E-state index is 0.199. The van der Waals surface area contributed by atoms with Crippen molar-refractivity contribution >= 4 is 11.7 Å². The lowest BCUT2D eigenvalue weighted by atomic mass is 10.1. The highest BCUT2D eigenvalue weighted by atomic mass is 16.2. The molecule has 0 spiro atoms. The van der Waals surface area contributed by atoms with Crippen molar-refractivity contribution in [2.75, 3.05) is 5.32 Å². The molecule has 0 aliphatic carbocycles. The molecule has 0 fully saturated rings. The van der Waals surface area contributed by atoms with Crippen LogP contribution in [0.2, 0.25) is 0 Å². The predicted octanol–water partition coefficient (Wildman–Crippen LogP) is 3.82. The number of hydrogen-bond acceptors (Lipinski definition) is 2. The van der Waals surface area contributed by atoms with Gasteiger partial charge in [0.15, 0.2) is 0 Å². The maximum atomic E-state index is 12.2. The molecule has 0 aliphatic rings. The summed E-state index contributed by atoms with van der Waals surface area (Å²) in [5, 5.41) is 10.1. The third kappa shape index (κ3) is 4.47. The summed E-state index contributed by atoms with van der Waals surface area (Å²) < 4.78 is 1.87. The summed E-state index contributed by atoms with van der Waals surface area (Å²) in [5.74, 6) is 0. The summed E-state index contributed by atoms with van der Waals surface area (Å²) in [6, 6.07) is 17.6. The van der Waals surface area contributed by atoms with E-state index in [1.165, 1.54) is 0 Å². The molecule has 2 N–H and O–H groups in total. The summed E-state index contributed by atoms with van der Waals surface area (Å²) in [5.41, 5.74) is 4.20. The minimum Gasteiger partial charge on any atom is -0.334 e. The average molecular weight is 334 g/mol. The zero-order valence-corrected chi connectivity index (χ0v) is 14.3. The Hall–Kier alpha value is -3.08. The largest absolute Gasteiger partial charge is 0.334 e. The molecule has 3 rings (SSSR count). The van der Waals surface area contributed by atoms with Crippen LogP contribution in [0.4, 0.5) is 10.5 Å². The van der Waals surface area contributed by atoms with Gasteiger partial charge in [0.25, 0.3) is 0 Å². The summed E-state index contributed by atoms with van der Waals surface area (Å²) in [6.45, 7) is 3.23. The van der Waals surface area contributed by atoms with Gasteiger partial charge in [-0.2, -0.15) is 5.10 Å². The van der Waals surface area contributed by atoms with E-state index in [4.69, 9.17) is 0 Å². The number of amides is 2. The average Bonchev–Trinajstić information content (AvgIpc) is 3.14. The molecule has 0 saturated heterocycles. The highest BCUT2D eigenvalue weighted by Gasteiger charge is 2.07. The fourth-order valence-corrected chi connectivity index (χ4v) is 2.75. The van der Waals surface area contributed by atoms with Gasteiger partial charge in [-0.25, -0.2) is 4.79 Å². The quantitative estimate of drug-likeness (QED) is 0.720. The molecule has 1 aromatic heterocycles. The van der Waals surface area contributed by atoms with E-state index in [0.717, 1.165) is 28.8 Å². The molecule has 128 valence electrons. The Morgan fingerprint density at radius 3 is 2.44 bits per heavy atom. The van der Waals surface area contributed by atoms with Crippen LogP contribution in [0.25, 0.3) is 0 Å². The van der Waals surface area contributed by atoms with Crippen LogP contribution in [0, 0.1) is 0 Å². The maximum absolute atomic E-state index is 12.2. The fourth-order valence-electron chi connectivity index (χ4n) is 2.75. The van der Waals surface area contributed by atoms with Crippen LogP contribution in [-0.4, -0.2) is 15.8 Å². The summed E-state index contributed by atoms with van der Waals surface area (Å²) in [7, 11) is 0. The SMILES string of the molecule is CCc1ccccc1NC(=O)NCc1ccccc1Cn1cccn1. The first-order chi connectivity index (χ1) is 12.3. The zero-order chi connectivity index (χ0) is 17.5. The van der Waals surface area contributed by atoms with Crippen molar-refractivity contribution < 1.29 is 4.79 Å². The molecule has 2 aromatic carbocycles. The van der Waals surface area contributed by atoms with Gasteiger partial charge < -0.3 is 10.6 Å². The van der Waals surface area contributed by atoms with Gasteiger partial charge in [0.2, 0.25) is 0 Å². The molecule has 0 radical (unpaired) electrons. The van der Waals surface area contributed by atoms with Gasteiger partial charge in [0.05, 0.1) is 6.54 Å². The van der Waals surface area contributed by atoms with Crippen molar-refractivity contribution in [3.05, 3.63) is 83.7 Å². The molecule has 25 heavy (non-hydrogen) atoms. The van der Waals surface area contributed by atoms with Gasteiger partial charge in [0, 0.05) is 24.6 Å². The number of hydrogen-bond donors (Lipinski definition) is 2. The Morgan fingerprint density at radius 1 is 1.00 bits per heavy atom. The lowest BCUT2D eigenvalue weighted by molar-refractivity contribution is 0.251. The second-order valence-electron chi connectivity index (χ2n) is 5.79. The Morgan fingerprint density at radius 2 is 1.72 bits per heavy atom. The Kier molecular flexibility index (Phi) is 5.46. The zero-order valence-electron chi connectivity index (χ0n) is 14.3. The van der Waals surface area contributed by atoms with Crippen LogP contribution < -0.4 is 10.6 Å². The fraction of sp³-hybridized carbons (Fsp3) is 0.200. The van der Waals surface area contributed by atoms with Crippen LogP contribution in [-0.2, 0) is 19.5 Å². The van der Waals surface area contributed by atoms with E-state index in [0.29, 0.717) is 13.1 Å². The highest BCUT2D eigenvalue weighted by molar-refractivity contribution is 5.90. The van der Waals surface area contributed by atoms with E-state index in [1.54, 1.807) is 6.20 Å². The number of carbonyl (C=O) groups excluding carboxylic acids is 1. The molecular weight excluding hydrogens is 312 g/mol. The van der Waals surface area contributed by atoms with Crippen molar-refractivity contribution in [1.29, 1.82) is 0 Å². The van der Waals surface area contributed by atoms with E-state index in [2.05, 4.69) is 28.7 Å². The molecule has 0 atom stereocenters. The first-order valence-electron chi connectivity index (χ1n) is 8.43. The lowest BCUT2D eigenvalue weighted by Crippen LogP contribution is -2.29. The third-order valence-electron chi connectivity index (χ3n) is 4.10. The Balaban J connectivity index is 1.62. The van der Waals surface area contributed by atoms with Gasteiger partial charge >= 0.3 is 6.03 Å². The molecule has 1 heterocycles. The van der Waals surface area contributed by atoms with Crippen LogP contribution in [0.15, 0.2) is 67.0 Å². The van der Waals surface area contributed by atoms with Crippen LogP contribution in [0.5, 0.6) is 0 Å². The molecule has 2 amide bonds. The molecule has 0 bridgehead atoms. The number of urea groups is 1. The predicted molar refractivity (Wildman–Crippen MR) is 99.4 cm³/mol. The van der Waals surface area contributed by atoms with E-state index < -0.39 is 0 Å². The second kappa shape index (κ2) is 8.15. The second-order valence-corrected chi connectivity index (χ2v) is 5.79. The van der Waals surface area contributed by atoms with Crippen molar-refractivity contribution in [2.45, 2.75) is 26.4 Å². The standard InChI is InChI=1S/C20H22N4O/c1-2-16-8-5-6-11-19(16)23-20(25)21-14-17-9-3-4-10-18(17)15-24-13-7-12-22-24/h3-13H,2,14-15H2,1H3,(H2,21,23,25). The number of para-hydroxylation sites is 1. The number of aromatic nitrogens is 2. The number of anilines is 1. The summed E-state index contributed by atoms with van der Waals surface area (Å²) in [4.78, 5) is 12.2. The van der Waals surface area contributed by atoms with Gasteiger partial charge in [-0.3, -0.25) is 4.68 Å². The van der Waals surface area contributed by atoms with Crippen molar-refractivity contribution in [3.63, 3.8) is 0 Å². The number of rotatable bonds is 6. The van der Waals surface area contributed by atoms with Crippen molar-refractivity contribution in [2.24, 2.45) is 0 Å².